The molecule has 11 nitrogen and oxygen atoms in total. The summed E-state index contributed by atoms with van der Waals surface area (Å²) >= 11 is 1.40. The Balaban J connectivity index is 1.73. The molecule has 1 fully saturated rings. The van der Waals surface area contributed by atoms with E-state index in [0.717, 1.165) is 4.91 Å². The van der Waals surface area contributed by atoms with Crippen LogP contribution in [0.1, 0.15) is 60.5 Å². The Morgan fingerprint density at radius 3 is 2.33 bits per heavy atom. The van der Waals surface area contributed by atoms with Crippen molar-refractivity contribution in [3.8, 4) is 0 Å². The Morgan fingerprint density at radius 1 is 1.17 bits per heavy atom. The van der Waals surface area contributed by atoms with Gasteiger partial charge in [-0.2, -0.15) is 0 Å². The lowest BCUT2D eigenvalue weighted by Gasteiger charge is -2.48. The zero-order valence-electron chi connectivity index (χ0n) is 25.9. The van der Waals surface area contributed by atoms with E-state index >= 15 is 0 Å². The topological polar surface area (TPSA) is 137 Å². The van der Waals surface area contributed by atoms with Gasteiger partial charge in [-0.05, 0) is 63.5 Å². The van der Waals surface area contributed by atoms with Gasteiger partial charge in [0.15, 0.2) is 8.32 Å². The predicted molar refractivity (Wildman–Crippen MR) is 163 cm³/mol. The van der Waals surface area contributed by atoms with Gasteiger partial charge in [-0.25, -0.2) is 9.59 Å². The number of nitro groups is 1. The Hall–Kier alpha value is -2.90. The highest BCUT2D eigenvalue weighted by molar-refractivity contribution is 8.03. The number of hydrogen-bond acceptors (Lipinski definition) is 9. The Kier molecular flexibility index (Phi) is 10.2. The molecule has 1 saturated heterocycles. The smallest absolute Gasteiger partial charge is 0.407 e. The number of non-ortho nitro benzene ring substituents is 1. The van der Waals surface area contributed by atoms with Gasteiger partial charge in [0.2, 0.25) is 5.91 Å². The maximum Gasteiger partial charge on any atom is 0.407 e. The monoisotopic (exact) mass is 621 g/mol. The molecule has 2 aliphatic rings. The molecule has 2 heterocycles. The van der Waals surface area contributed by atoms with Gasteiger partial charge in [0.05, 0.1) is 23.0 Å². The van der Waals surface area contributed by atoms with Gasteiger partial charge in [0.25, 0.3) is 5.69 Å². The maximum atomic E-state index is 13.5. The number of carbonyl (C=O) groups is 3. The number of esters is 1. The van der Waals surface area contributed by atoms with Crippen LogP contribution in [0.5, 0.6) is 0 Å². The van der Waals surface area contributed by atoms with Gasteiger partial charge in [-0.1, -0.05) is 20.8 Å². The third-order valence-corrected chi connectivity index (χ3v) is 13.4. The molecule has 0 aromatic heterocycles. The van der Waals surface area contributed by atoms with Crippen LogP contribution in [-0.2, 0) is 30.1 Å². The zero-order valence-corrected chi connectivity index (χ0v) is 27.8. The van der Waals surface area contributed by atoms with Crippen LogP contribution in [0.2, 0.25) is 18.1 Å². The van der Waals surface area contributed by atoms with Gasteiger partial charge in [0.1, 0.15) is 17.9 Å². The van der Waals surface area contributed by atoms with Crippen molar-refractivity contribution < 1.29 is 33.2 Å². The van der Waals surface area contributed by atoms with Crippen LogP contribution in [-0.4, -0.2) is 66.2 Å². The lowest BCUT2D eigenvalue weighted by molar-refractivity contribution is -0.384. The van der Waals surface area contributed by atoms with Crippen molar-refractivity contribution in [3.63, 3.8) is 0 Å². The minimum Gasteiger partial charge on any atom is -0.456 e. The van der Waals surface area contributed by atoms with Crippen LogP contribution in [0.3, 0.4) is 0 Å². The number of fused-ring (bicyclic) bond motifs is 1. The van der Waals surface area contributed by atoms with E-state index in [1.54, 1.807) is 20.8 Å². The van der Waals surface area contributed by atoms with Crippen molar-refractivity contribution in [3.05, 3.63) is 50.5 Å². The summed E-state index contributed by atoms with van der Waals surface area (Å²) in [6.45, 7) is 18.2. The fraction of sp³-hybridized carbons (Fsp3) is 0.621. The van der Waals surface area contributed by atoms with E-state index < -0.39 is 30.9 Å². The molecule has 2 aliphatic heterocycles. The van der Waals surface area contributed by atoms with Gasteiger partial charge >= 0.3 is 12.1 Å². The van der Waals surface area contributed by atoms with E-state index in [1.807, 2.05) is 6.92 Å². The molecule has 0 spiro atoms. The number of carbonyl (C=O) groups excluding carboxylic acids is 3. The predicted octanol–water partition coefficient (Wildman–Crippen LogP) is 5.75. The number of amides is 2. The quantitative estimate of drug-likeness (QED) is 0.0818. The van der Waals surface area contributed by atoms with Crippen LogP contribution in [0.15, 0.2) is 34.9 Å². The molecule has 3 rings (SSSR count). The maximum absolute atomic E-state index is 13.5. The molecule has 0 bridgehead atoms. The highest BCUT2D eigenvalue weighted by Crippen LogP contribution is 2.49. The number of rotatable bonds is 11. The highest BCUT2D eigenvalue weighted by atomic mass is 32.2. The van der Waals surface area contributed by atoms with Gasteiger partial charge in [-0.3, -0.25) is 14.9 Å². The summed E-state index contributed by atoms with van der Waals surface area (Å²) in [7, 11) is -2.13. The van der Waals surface area contributed by atoms with Crippen LogP contribution < -0.4 is 5.32 Å². The van der Waals surface area contributed by atoms with Crippen molar-refractivity contribution in [1.82, 2.24) is 10.2 Å². The van der Waals surface area contributed by atoms with Gasteiger partial charge < -0.3 is 24.1 Å². The molecule has 2 amide bonds. The summed E-state index contributed by atoms with van der Waals surface area (Å²) < 4.78 is 17.4. The summed E-state index contributed by atoms with van der Waals surface area (Å²) in [5.74, 6) is -0.725. The molecular weight excluding hydrogens is 578 g/mol. The van der Waals surface area contributed by atoms with Crippen molar-refractivity contribution in [2.45, 2.75) is 97.4 Å². The van der Waals surface area contributed by atoms with E-state index in [-0.39, 0.29) is 47.0 Å². The molecule has 0 radical (unpaired) electrons. The number of β-lactam (4-membered cyclic amide) rings is 1. The summed E-state index contributed by atoms with van der Waals surface area (Å²) in [6.07, 6.45) is -0.349. The summed E-state index contributed by atoms with van der Waals surface area (Å²) in [5.41, 5.74) is 0.127. The Labute approximate surface area is 253 Å². The minimum atomic E-state index is -2.13. The van der Waals surface area contributed by atoms with E-state index in [1.165, 1.54) is 40.9 Å². The first kappa shape index (κ1) is 33.6. The fourth-order valence-corrected chi connectivity index (χ4v) is 7.11. The third kappa shape index (κ3) is 7.93. The van der Waals surface area contributed by atoms with Crippen molar-refractivity contribution in [2.75, 3.05) is 12.3 Å². The lowest BCUT2D eigenvalue weighted by Crippen LogP contribution is -2.63. The molecule has 13 heteroatoms. The van der Waals surface area contributed by atoms with E-state index in [4.69, 9.17) is 13.9 Å². The average Bonchev–Trinajstić information content (AvgIpc) is 3.17. The van der Waals surface area contributed by atoms with E-state index in [2.05, 4.69) is 39.2 Å². The number of benzene rings is 1. The number of thioether (sulfide) groups is 1. The normalized spacial score (nSPS) is 19.6. The molecular formula is C29H43N3O8SSi. The van der Waals surface area contributed by atoms with Crippen LogP contribution in [0.25, 0.3) is 0 Å². The van der Waals surface area contributed by atoms with Crippen LogP contribution in [0.4, 0.5) is 10.5 Å². The van der Waals surface area contributed by atoms with E-state index in [9.17, 15) is 24.5 Å². The third-order valence-electron chi connectivity index (χ3n) is 7.72. The Bertz CT molecular complexity index is 1240. The lowest BCUT2D eigenvalue weighted by atomic mass is 9.83. The first-order valence-corrected chi connectivity index (χ1v) is 18.0. The highest BCUT2D eigenvalue weighted by Gasteiger charge is 2.58. The summed E-state index contributed by atoms with van der Waals surface area (Å²) in [6, 6.07) is 5.53. The number of alkyl carbamates (subject to hydrolysis) is 1. The molecule has 0 aliphatic carbocycles. The van der Waals surface area contributed by atoms with Crippen LogP contribution >= 0.6 is 11.8 Å². The van der Waals surface area contributed by atoms with Gasteiger partial charge in [0, 0.05) is 35.8 Å². The first-order valence-electron chi connectivity index (χ1n) is 14.1. The second-order valence-corrected chi connectivity index (χ2v) is 19.1. The summed E-state index contributed by atoms with van der Waals surface area (Å²) in [5, 5.41) is 13.6. The largest absolute Gasteiger partial charge is 0.456 e. The van der Waals surface area contributed by atoms with Gasteiger partial charge in [-0.15, -0.1) is 11.8 Å². The molecule has 0 saturated carbocycles. The number of hydrogen-bond donors (Lipinski definition) is 1. The summed E-state index contributed by atoms with van der Waals surface area (Å²) in [4.78, 5) is 51.6. The molecule has 1 aromatic carbocycles. The molecule has 1 N–H and O–H groups in total. The second-order valence-electron chi connectivity index (χ2n) is 13.1. The molecule has 1 aromatic rings. The number of ether oxygens (including phenoxy) is 2. The van der Waals surface area contributed by atoms with Crippen molar-refractivity contribution in [1.29, 1.82) is 0 Å². The average molecular weight is 622 g/mol. The molecule has 232 valence electrons. The first-order chi connectivity index (χ1) is 19.3. The van der Waals surface area contributed by atoms with Crippen molar-refractivity contribution in [2.24, 2.45) is 5.92 Å². The molecule has 3 atom stereocenters. The van der Waals surface area contributed by atoms with E-state index in [0.29, 0.717) is 24.3 Å². The Morgan fingerprint density at radius 2 is 1.79 bits per heavy atom. The molecule has 0 unspecified atom stereocenters. The fourth-order valence-electron chi connectivity index (χ4n) is 4.62. The molecule has 42 heavy (non-hydrogen) atoms. The SMILES string of the molecule is C[C@@H](O[Si](C)(C)C(C)(C)C)[C@H]1C(=O)N2C(C(=O)OCc3ccc([N+](=O)[O-])cc3)=C(SCCNC(=O)OC(C)(C)C)C[C@H]12. The zero-order chi connectivity index (χ0) is 31.6. The number of nitrogens with one attached hydrogen (secondary N) is 1. The minimum absolute atomic E-state index is 0.0172. The van der Waals surface area contributed by atoms with Crippen LogP contribution in [0, 0.1) is 16.0 Å². The second kappa shape index (κ2) is 12.8. The number of nitrogens with zero attached hydrogens (tertiary/aromatic N) is 2. The van der Waals surface area contributed by atoms with Crippen molar-refractivity contribution >= 4 is 43.7 Å². The standard InChI is InChI=1S/C29H43N3O8SSi/c1-18(40-42(8,9)29(5,6)7)23-21-16-22(41-15-14-30-27(35)39-28(2,3)4)24(31(21)25(23)33)26(34)38-17-19-10-12-20(13-11-19)32(36)37/h10-13,18,21,23H,14-17H2,1-9H3,(H,30,35)/t18-,21-,23-/m1/s1. The number of nitro benzene ring substituents is 1.